The van der Waals surface area contributed by atoms with E-state index < -0.39 is 0 Å². The van der Waals surface area contributed by atoms with E-state index in [2.05, 4.69) is 6.07 Å². The summed E-state index contributed by atoms with van der Waals surface area (Å²) in [5.41, 5.74) is 1.21. The summed E-state index contributed by atoms with van der Waals surface area (Å²) >= 11 is 0. The molecular weight excluding hydrogens is 164 g/mol. The highest BCUT2D eigenvalue weighted by Gasteiger charge is 2.22. The fraction of sp³-hybridized carbons (Fsp3) is 0.455. The van der Waals surface area contributed by atoms with E-state index in [9.17, 15) is 5.11 Å². The second-order valence-corrected chi connectivity index (χ2v) is 3.62. The zero-order valence-electron chi connectivity index (χ0n) is 7.73. The van der Waals surface area contributed by atoms with Crippen molar-refractivity contribution in [3.05, 3.63) is 29.8 Å². The van der Waals surface area contributed by atoms with E-state index in [1.807, 2.05) is 25.1 Å². The first-order chi connectivity index (χ1) is 6.27. The number of fused-ring (bicyclic) bond motifs is 1. The standard InChI is InChI=1S/C11H14O2/c1-8(12)10-6-9-4-2-3-5-11(9)13-7-10/h2-5,8,10,12H,6-7H2,1H3/t8-,10?/m0/s1. The van der Waals surface area contributed by atoms with Gasteiger partial charge in [0.15, 0.2) is 0 Å². The summed E-state index contributed by atoms with van der Waals surface area (Å²) in [4.78, 5) is 0. The van der Waals surface area contributed by atoms with Crippen LogP contribution in [0, 0.1) is 5.92 Å². The summed E-state index contributed by atoms with van der Waals surface area (Å²) in [7, 11) is 0. The minimum atomic E-state index is -0.284. The Morgan fingerprint density at radius 2 is 2.23 bits per heavy atom. The molecule has 0 aromatic heterocycles. The molecule has 2 heteroatoms. The zero-order valence-corrected chi connectivity index (χ0v) is 7.73. The number of benzene rings is 1. The van der Waals surface area contributed by atoms with Crippen LogP contribution in [0.5, 0.6) is 5.75 Å². The molecule has 0 bridgehead atoms. The average Bonchev–Trinajstić information content (AvgIpc) is 2.17. The van der Waals surface area contributed by atoms with Crippen molar-refractivity contribution in [2.75, 3.05) is 6.61 Å². The van der Waals surface area contributed by atoms with Gasteiger partial charge in [-0.3, -0.25) is 0 Å². The second-order valence-electron chi connectivity index (χ2n) is 3.62. The Kier molecular flexibility index (Phi) is 2.23. The first-order valence-electron chi connectivity index (χ1n) is 4.66. The first kappa shape index (κ1) is 8.57. The molecule has 2 atom stereocenters. The van der Waals surface area contributed by atoms with Crippen LogP contribution in [-0.2, 0) is 6.42 Å². The van der Waals surface area contributed by atoms with Crippen molar-refractivity contribution in [3.63, 3.8) is 0 Å². The zero-order chi connectivity index (χ0) is 9.26. The van der Waals surface area contributed by atoms with Crippen molar-refractivity contribution in [3.8, 4) is 5.75 Å². The maximum Gasteiger partial charge on any atom is 0.122 e. The summed E-state index contributed by atoms with van der Waals surface area (Å²) in [5, 5.41) is 9.42. The lowest BCUT2D eigenvalue weighted by molar-refractivity contribution is 0.0784. The molecule has 2 nitrogen and oxygen atoms in total. The number of ether oxygens (including phenoxy) is 1. The van der Waals surface area contributed by atoms with Crippen LogP contribution in [0.2, 0.25) is 0 Å². The predicted molar refractivity (Wildman–Crippen MR) is 50.8 cm³/mol. The minimum Gasteiger partial charge on any atom is -0.493 e. The van der Waals surface area contributed by atoms with Gasteiger partial charge in [-0.15, -0.1) is 0 Å². The van der Waals surface area contributed by atoms with Crippen molar-refractivity contribution in [2.24, 2.45) is 5.92 Å². The van der Waals surface area contributed by atoms with E-state index in [-0.39, 0.29) is 12.0 Å². The molecule has 0 radical (unpaired) electrons. The van der Waals surface area contributed by atoms with Gasteiger partial charge in [-0.1, -0.05) is 18.2 Å². The topological polar surface area (TPSA) is 29.5 Å². The van der Waals surface area contributed by atoms with Gasteiger partial charge < -0.3 is 9.84 Å². The second kappa shape index (κ2) is 3.38. The highest BCUT2D eigenvalue weighted by atomic mass is 16.5. The van der Waals surface area contributed by atoms with Crippen molar-refractivity contribution in [1.82, 2.24) is 0 Å². The van der Waals surface area contributed by atoms with E-state index in [0.29, 0.717) is 6.61 Å². The third-order valence-electron chi connectivity index (χ3n) is 2.59. The largest absolute Gasteiger partial charge is 0.493 e. The van der Waals surface area contributed by atoms with Crippen LogP contribution in [0.15, 0.2) is 24.3 Å². The molecule has 2 rings (SSSR count). The molecule has 0 spiro atoms. The smallest absolute Gasteiger partial charge is 0.122 e. The Balaban J connectivity index is 2.20. The fourth-order valence-corrected chi connectivity index (χ4v) is 1.66. The third kappa shape index (κ3) is 1.68. The summed E-state index contributed by atoms with van der Waals surface area (Å²) in [5.74, 6) is 1.22. The van der Waals surface area contributed by atoms with E-state index >= 15 is 0 Å². The van der Waals surface area contributed by atoms with Gasteiger partial charge in [-0.2, -0.15) is 0 Å². The molecular formula is C11H14O2. The molecule has 70 valence electrons. The van der Waals surface area contributed by atoms with E-state index in [0.717, 1.165) is 12.2 Å². The Morgan fingerprint density at radius 1 is 1.46 bits per heavy atom. The third-order valence-corrected chi connectivity index (χ3v) is 2.59. The number of aliphatic hydroxyl groups is 1. The lowest BCUT2D eigenvalue weighted by Crippen LogP contribution is -2.29. The van der Waals surface area contributed by atoms with Gasteiger partial charge in [-0.05, 0) is 25.0 Å². The van der Waals surface area contributed by atoms with Gasteiger partial charge in [0.2, 0.25) is 0 Å². The maximum absolute atomic E-state index is 9.42. The molecule has 1 N–H and O–H groups in total. The molecule has 0 saturated carbocycles. The molecule has 0 aliphatic carbocycles. The van der Waals surface area contributed by atoms with Gasteiger partial charge in [-0.25, -0.2) is 0 Å². The van der Waals surface area contributed by atoms with Crippen LogP contribution in [-0.4, -0.2) is 17.8 Å². The lowest BCUT2D eigenvalue weighted by Gasteiger charge is -2.26. The number of para-hydroxylation sites is 1. The van der Waals surface area contributed by atoms with Gasteiger partial charge in [0.05, 0.1) is 12.7 Å². The van der Waals surface area contributed by atoms with Gasteiger partial charge in [0, 0.05) is 5.92 Å². The maximum atomic E-state index is 9.42. The van der Waals surface area contributed by atoms with Gasteiger partial charge in [0.1, 0.15) is 5.75 Å². The highest BCUT2D eigenvalue weighted by molar-refractivity contribution is 5.35. The normalized spacial score (nSPS) is 23.1. The number of aliphatic hydroxyl groups excluding tert-OH is 1. The molecule has 0 fully saturated rings. The van der Waals surface area contributed by atoms with Crippen LogP contribution < -0.4 is 4.74 Å². The van der Waals surface area contributed by atoms with Crippen molar-refractivity contribution in [2.45, 2.75) is 19.4 Å². The number of hydrogen-bond donors (Lipinski definition) is 1. The van der Waals surface area contributed by atoms with E-state index in [1.165, 1.54) is 5.56 Å². The summed E-state index contributed by atoms with van der Waals surface area (Å²) in [6.45, 7) is 2.46. The Morgan fingerprint density at radius 3 is 3.00 bits per heavy atom. The number of hydrogen-bond acceptors (Lipinski definition) is 2. The average molecular weight is 178 g/mol. The van der Waals surface area contributed by atoms with E-state index in [1.54, 1.807) is 0 Å². The predicted octanol–water partition coefficient (Wildman–Crippen LogP) is 1.62. The molecule has 1 heterocycles. The van der Waals surface area contributed by atoms with Gasteiger partial charge in [0.25, 0.3) is 0 Å². The Hall–Kier alpha value is -1.02. The lowest BCUT2D eigenvalue weighted by atomic mass is 9.93. The van der Waals surface area contributed by atoms with Crippen molar-refractivity contribution in [1.29, 1.82) is 0 Å². The van der Waals surface area contributed by atoms with Crippen LogP contribution in [0.1, 0.15) is 12.5 Å². The van der Waals surface area contributed by atoms with Crippen LogP contribution in [0.3, 0.4) is 0 Å². The van der Waals surface area contributed by atoms with Crippen molar-refractivity contribution < 1.29 is 9.84 Å². The molecule has 1 aromatic rings. The van der Waals surface area contributed by atoms with Crippen LogP contribution >= 0.6 is 0 Å². The quantitative estimate of drug-likeness (QED) is 0.708. The monoisotopic (exact) mass is 178 g/mol. The van der Waals surface area contributed by atoms with Crippen molar-refractivity contribution >= 4 is 0 Å². The fourth-order valence-electron chi connectivity index (χ4n) is 1.66. The summed E-state index contributed by atoms with van der Waals surface area (Å²) < 4.78 is 5.54. The molecule has 1 aliphatic rings. The van der Waals surface area contributed by atoms with E-state index in [4.69, 9.17) is 4.74 Å². The number of rotatable bonds is 1. The highest BCUT2D eigenvalue weighted by Crippen LogP contribution is 2.27. The molecule has 1 aliphatic heterocycles. The SMILES string of the molecule is C[C@H](O)C1COc2ccccc2C1. The van der Waals surface area contributed by atoms with Crippen LogP contribution in [0.25, 0.3) is 0 Å². The summed E-state index contributed by atoms with van der Waals surface area (Å²) in [6, 6.07) is 8.02. The Labute approximate surface area is 78.2 Å². The molecule has 0 saturated heterocycles. The molecule has 0 amide bonds. The molecule has 13 heavy (non-hydrogen) atoms. The molecule has 1 unspecified atom stereocenters. The minimum absolute atomic E-state index is 0.245. The molecule has 1 aromatic carbocycles. The summed E-state index contributed by atoms with van der Waals surface area (Å²) in [6.07, 6.45) is 0.641. The van der Waals surface area contributed by atoms with Gasteiger partial charge >= 0.3 is 0 Å². The Bertz CT molecular complexity index is 294. The van der Waals surface area contributed by atoms with Crippen LogP contribution in [0.4, 0.5) is 0 Å². The first-order valence-corrected chi connectivity index (χ1v) is 4.66.